The molecule has 2 aromatic heterocycles. The number of amides is 1. The summed E-state index contributed by atoms with van der Waals surface area (Å²) in [6.45, 7) is 0. The number of rotatable bonds is 3. The van der Waals surface area contributed by atoms with Crippen LogP contribution >= 0.6 is 11.7 Å². The molecule has 1 amide bonds. The number of carbonyl (C=O) groups excluding carboxylic acids is 1. The van der Waals surface area contributed by atoms with E-state index in [1.807, 2.05) is 30.3 Å². The van der Waals surface area contributed by atoms with Gasteiger partial charge in [-0.25, -0.2) is 4.98 Å². The van der Waals surface area contributed by atoms with Crippen LogP contribution in [0.5, 0.6) is 0 Å². The van der Waals surface area contributed by atoms with Crippen LogP contribution in [-0.2, 0) is 0 Å². The van der Waals surface area contributed by atoms with Crippen LogP contribution in [0.15, 0.2) is 71.1 Å². The van der Waals surface area contributed by atoms with Crippen molar-refractivity contribution in [2.24, 2.45) is 0 Å². The summed E-state index contributed by atoms with van der Waals surface area (Å²) in [6, 6.07) is 20.4. The number of nitrogens with one attached hydrogen (secondary N) is 1. The summed E-state index contributed by atoms with van der Waals surface area (Å²) in [7, 11) is 0. The first-order valence-electron chi connectivity index (χ1n) is 8.26. The van der Waals surface area contributed by atoms with Gasteiger partial charge in [0.05, 0.1) is 11.7 Å². The van der Waals surface area contributed by atoms with E-state index < -0.39 is 0 Å². The van der Waals surface area contributed by atoms with E-state index in [1.165, 1.54) is 0 Å². The lowest BCUT2D eigenvalue weighted by atomic mass is 10.2. The number of nitrogens with zero attached hydrogens (tertiary/aromatic N) is 3. The maximum absolute atomic E-state index is 12.5. The predicted molar refractivity (Wildman–Crippen MR) is 105 cm³/mol. The molecule has 3 aromatic carbocycles. The quantitative estimate of drug-likeness (QED) is 0.494. The predicted octanol–water partition coefficient (Wildman–Crippen LogP) is 4.75. The standard InChI is InChI=1S/C20H12N4O2S/c25-19(13-6-8-15-16(10-13)24-27-23-15)21-14-7-9-18-17(11-14)22-20(26-18)12-4-2-1-3-5-12/h1-11H,(H,21,25). The molecule has 0 aliphatic rings. The largest absolute Gasteiger partial charge is 0.436 e. The molecule has 0 bridgehead atoms. The summed E-state index contributed by atoms with van der Waals surface area (Å²) >= 11 is 1.13. The number of hydrogen-bond donors (Lipinski definition) is 1. The molecule has 0 saturated carbocycles. The lowest BCUT2D eigenvalue weighted by Crippen LogP contribution is -2.11. The Kier molecular flexibility index (Phi) is 3.65. The molecule has 6 nitrogen and oxygen atoms in total. The highest BCUT2D eigenvalue weighted by atomic mass is 32.1. The Hall–Kier alpha value is -3.58. The van der Waals surface area contributed by atoms with Gasteiger partial charge in [-0.15, -0.1) is 0 Å². The lowest BCUT2D eigenvalue weighted by Gasteiger charge is -2.04. The SMILES string of the molecule is O=C(Nc1ccc2oc(-c3ccccc3)nc2c1)c1ccc2nsnc2c1. The molecular formula is C20H12N4O2S. The molecule has 0 radical (unpaired) electrons. The third kappa shape index (κ3) is 2.94. The molecule has 0 saturated heterocycles. The van der Waals surface area contributed by atoms with E-state index >= 15 is 0 Å². The Bertz CT molecular complexity index is 1280. The molecule has 1 N–H and O–H groups in total. The van der Waals surface area contributed by atoms with E-state index in [0.29, 0.717) is 33.8 Å². The molecule has 5 rings (SSSR count). The number of anilines is 1. The summed E-state index contributed by atoms with van der Waals surface area (Å²) in [5.74, 6) is 0.339. The summed E-state index contributed by atoms with van der Waals surface area (Å²) in [4.78, 5) is 17.1. The topological polar surface area (TPSA) is 80.9 Å². The molecule has 0 fully saturated rings. The van der Waals surface area contributed by atoms with Crippen LogP contribution in [-0.4, -0.2) is 19.6 Å². The Morgan fingerprint density at radius 2 is 1.74 bits per heavy atom. The van der Waals surface area contributed by atoms with E-state index in [2.05, 4.69) is 19.0 Å². The minimum Gasteiger partial charge on any atom is -0.436 e. The van der Waals surface area contributed by atoms with Crippen LogP contribution in [0, 0.1) is 0 Å². The zero-order chi connectivity index (χ0) is 18.2. The lowest BCUT2D eigenvalue weighted by molar-refractivity contribution is 0.102. The van der Waals surface area contributed by atoms with E-state index in [-0.39, 0.29) is 5.91 Å². The van der Waals surface area contributed by atoms with Gasteiger partial charge in [-0.3, -0.25) is 4.79 Å². The minimum atomic E-state index is -0.212. The van der Waals surface area contributed by atoms with Crippen molar-refractivity contribution in [1.29, 1.82) is 0 Å². The average molecular weight is 372 g/mol. The number of oxazole rings is 1. The van der Waals surface area contributed by atoms with Crippen LogP contribution in [0.1, 0.15) is 10.4 Å². The second-order valence-corrected chi connectivity index (χ2v) is 6.52. The molecule has 0 aliphatic heterocycles. The second kappa shape index (κ2) is 6.30. The third-order valence-corrected chi connectivity index (χ3v) is 4.74. The van der Waals surface area contributed by atoms with Gasteiger partial charge in [-0.2, -0.15) is 8.75 Å². The fraction of sp³-hybridized carbons (Fsp3) is 0. The number of fused-ring (bicyclic) bond motifs is 2. The number of hydrogen-bond acceptors (Lipinski definition) is 6. The molecule has 0 aliphatic carbocycles. The highest BCUT2D eigenvalue weighted by Gasteiger charge is 2.12. The molecule has 0 unspecified atom stereocenters. The van der Waals surface area contributed by atoms with Crippen molar-refractivity contribution in [1.82, 2.24) is 13.7 Å². The van der Waals surface area contributed by atoms with Gasteiger partial charge in [0.1, 0.15) is 16.6 Å². The van der Waals surface area contributed by atoms with Gasteiger partial charge in [-0.05, 0) is 48.5 Å². The van der Waals surface area contributed by atoms with Gasteiger partial charge < -0.3 is 9.73 Å². The molecular weight excluding hydrogens is 360 g/mol. The Labute approximate surface area is 157 Å². The summed E-state index contributed by atoms with van der Waals surface area (Å²) in [5, 5.41) is 2.89. The Morgan fingerprint density at radius 1 is 0.889 bits per heavy atom. The number of aromatic nitrogens is 3. The van der Waals surface area contributed by atoms with Crippen molar-refractivity contribution in [2.75, 3.05) is 5.32 Å². The van der Waals surface area contributed by atoms with Crippen molar-refractivity contribution in [3.8, 4) is 11.5 Å². The van der Waals surface area contributed by atoms with E-state index in [1.54, 1.807) is 36.4 Å². The van der Waals surface area contributed by atoms with Gasteiger partial charge in [0.2, 0.25) is 5.89 Å². The van der Waals surface area contributed by atoms with Gasteiger partial charge in [0.25, 0.3) is 5.91 Å². The van der Waals surface area contributed by atoms with Crippen molar-refractivity contribution >= 4 is 45.5 Å². The highest BCUT2D eigenvalue weighted by Crippen LogP contribution is 2.26. The van der Waals surface area contributed by atoms with Crippen LogP contribution in [0.25, 0.3) is 33.6 Å². The molecule has 0 spiro atoms. The first-order valence-corrected chi connectivity index (χ1v) is 8.99. The summed E-state index contributed by atoms with van der Waals surface area (Å²) in [5.41, 5.74) is 4.94. The fourth-order valence-corrected chi connectivity index (χ4v) is 3.35. The second-order valence-electron chi connectivity index (χ2n) is 5.99. The van der Waals surface area contributed by atoms with Crippen molar-refractivity contribution < 1.29 is 9.21 Å². The zero-order valence-electron chi connectivity index (χ0n) is 13.9. The third-order valence-electron chi connectivity index (χ3n) is 4.18. The van der Waals surface area contributed by atoms with E-state index in [4.69, 9.17) is 4.42 Å². The normalized spacial score (nSPS) is 11.1. The molecule has 2 heterocycles. The van der Waals surface area contributed by atoms with Gasteiger partial charge in [-0.1, -0.05) is 18.2 Å². The van der Waals surface area contributed by atoms with Gasteiger partial charge in [0, 0.05) is 16.8 Å². The number of benzene rings is 3. The highest BCUT2D eigenvalue weighted by molar-refractivity contribution is 7.00. The smallest absolute Gasteiger partial charge is 0.255 e. The minimum absolute atomic E-state index is 0.212. The maximum Gasteiger partial charge on any atom is 0.255 e. The zero-order valence-corrected chi connectivity index (χ0v) is 14.7. The Morgan fingerprint density at radius 3 is 2.63 bits per heavy atom. The van der Waals surface area contributed by atoms with Crippen LogP contribution in [0.3, 0.4) is 0 Å². The number of carbonyl (C=O) groups is 1. The molecule has 0 atom stereocenters. The fourth-order valence-electron chi connectivity index (χ4n) is 2.84. The van der Waals surface area contributed by atoms with Gasteiger partial charge in [0.15, 0.2) is 5.58 Å². The van der Waals surface area contributed by atoms with Crippen LogP contribution in [0.4, 0.5) is 5.69 Å². The average Bonchev–Trinajstić information content (AvgIpc) is 3.34. The molecule has 27 heavy (non-hydrogen) atoms. The van der Waals surface area contributed by atoms with Crippen molar-refractivity contribution in [2.45, 2.75) is 0 Å². The van der Waals surface area contributed by atoms with Crippen molar-refractivity contribution in [3.05, 3.63) is 72.3 Å². The molecule has 5 aromatic rings. The van der Waals surface area contributed by atoms with Crippen LogP contribution in [0.2, 0.25) is 0 Å². The first kappa shape index (κ1) is 15.7. The maximum atomic E-state index is 12.5. The Balaban J connectivity index is 1.43. The van der Waals surface area contributed by atoms with Crippen molar-refractivity contribution in [3.63, 3.8) is 0 Å². The first-order chi connectivity index (χ1) is 13.3. The summed E-state index contributed by atoms with van der Waals surface area (Å²) in [6.07, 6.45) is 0. The van der Waals surface area contributed by atoms with E-state index in [0.717, 1.165) is 22.8 Å². The van der Waals surface area contributed by atoms with Gasteiger partial charge >= 0.3 is 0 Å². The molecule has 130 valence electrons. The summed E-state index contributed by atoms with van der Waals surface area (Å²) < 4.78 is 14.1. The molecule has 7 heteroatoms. The van der Waals surface area contributed by atoms with E-state index in [9.17, 15) is 4.79 Å². The van der Waals surface area contributed by atoms with Crippen LogP contribution < -0.4 is 5.32 Å². The monoisotopic (exact) mass is 372 g/mol.